The number of carbonyl (C=O) groups is 3. The largest absolute Gasteiger partial charge is 0.466 e. The minimum Gasteiger partial charge on any atom is -0.466 e. The van der Waals surface area contributed by atoms with Gasteiger partial charge in [0.1, 0.15) is 6.04 Å². The third-order valence-electron chi connectivity index (χ3n) is 11.1. The summed E-state index contributed by atoms with van der Waals surface area (Å²) < 4.78 is 11.1. The van der Waals surface area contributed by atoms with E-state index in [1.54, 1.807) is 0 Å². The molecule has 0 spiro atoms. The van der Waals surface area contributed by atoms with Crippen LogP contribution in [-0.2, 0) is 23.9 Å². The molecule has 1 N–H and O–H groups in total. The fourth-order valence-electron chi connectivity index (χ4n) is 7.40. The van der Waals surface area contributed by atoms with Gasteiger partial charge in [-0.25, -0.2) is 4.79 Å². The fourth-order valence-corrected chi connectivity index (χ4v) is 7.40. The Morgan fingerprint density at radius 3 is 1.15 bits per heavy atom. The van der Waals surface area contributed by atoms with E-state index < -0.39 is 12.0 Å². The molecule has 0 unspecified atom stereocenters. The Hall–Kier alpha value is -1.59. The Bertz CT molecular complexity index is 843. The van der Waals surface area contributed by atoms with Gasteiger partial charge >= 0.3 is 11.9 Å². The van der Waals surface area contributed by atoms with Crippen molar-refractivity contribution >= 4 is 17.8 Å². The van der Waals surface area contributed by atoms with Crippen molar-refractivity contribution in [1.29, 1.82) is 0 Å². The van der Waals surface area contributed by atoms with Crippen molar-refractivity contribution in [1.82, 2.24) is 5.32 Å². The first kappa shape index (κ1) is 53.4. The van der Waals surface area contributed by atoms with Gasteiger partial charge in [0, 0.05) is 12.8 Å². The van der Waals surface area contributed by atoms with Crippen molar-refractivity contribution < 1.29 is 23.9 Å². The van der Waals surface area contributed by atoms with Gasteiger partial charge in [0.25, 0.3) is 0 Å². The smallest absolute Gasteiger partial charge is 0.328 e. The lowest BCUT2D eigenvalue weighted by Gasteiger charge is -2.18. The van der Waals surface area contributed by atoms with Crippen molar-refractivity contribution in [2.24, 2.45) is 11.8 Å². The third-order valence-corrected chi connectivity index (χ3v) is 11.1. The molecule has 55 heavy (non-hydrogen) atoms. The first-order valence-electron chi connectivity index (χ1n) is 24.4. The molecule has 326 valence electrons. The number of nitrogens with one attached hydrogen (secondary N) is 1. The molecule has 0 aromatic carbocycles. The van der Waals surface area contributed by atoms with Crippen LogP contribution in [0.4, 0.5) is 0 Å². The first-order valence-corrected chi connectivity index (χ1v) is 24.4. The van der Waals surface area contributed by atoms with E-state index in [-0.39, 0.29) is 24.7 Å². The number of hydrogen-bond donors (Lipinski definition) is 1. The maximum atomic E-state index is 13.1. The van der Waals surface area contributed by atoms with E-state index in [1.165, 1.54) is 161 Å². The average Bonchev–Trinajstić information content (AvgIpc) is 3.15. The normalized spacial score (nSPS) is 12.1. The van der Waals surface area contributed by atoms with Gasteiger partial charge in [-0.2, -0.15) is 0 Å². The van der Waals surface area contributed by atoms with Crippen LogP contribution in [-0.4, -0.2) is 37.1 Å². The fraction of sp³-hybridized carbons (Fsp3) is 0.939. The molecule has 0 bridgehead atoms. The summed E-state index contributed by atoms with van der Waals surface area (Å²) in [6.07, 6.45) is 41.8. The van der Waals surface area contributed by atoms with Gasteiger partial charge in [-0.05, 0) is 37.5 Å². The van der Waals surface area contributed by atoms with Crippen molar-refractivity contribution in [3.63, 3.8) is 0 Å². The molecule has 0 aromatic heterocycles. The highest BCUT2D eigenvalue weighted by atomic mass is 16.5. The quantitative estimate of drug-likeness (QED) is 0.0492. The summed E-state index contributed by atoms with van der Waals surface area (Å²) in [7, 11) is 0. The molecule has 0 saturated carbocycles. The molecule has 0 aliphatic rings. The number of carbonyl (C=O) groups excluding carboxylic acids is 3. The van der Waals surface area contributed by atoms with Crippen LogP contribution in [0.25, 0.3) is 0 Å². The van der Waals surface area contributed by atoms with Gasteiger partial charge in [0.15, 0.2) is 0 Å². The molecule has 0 heterocycles. The number of hydrogen-bond acceptors (Lipinski definition) is 5. The van der Waals surface area contributed by atoms with Gasteiger partial charge in [-0.15, -0.1) is 0 Å². The van der Waals surface area contributed by atoms with E-state index in [4.69, 9.17) is 9.47 Å². The van der Waals surface area contributed by atoms with E-state index in [1.807, 2.05) is 0 Å². The monoisotopic (exact) mass is 778 g/mol. The second-order valence-corrected chi connectivity index (χ2v) is 17.8. The zero-order chi connectivity index (χ0) is 40.5. The maximum Gasteiger partial charge on any atom is 0.328 e. The zero-order valence-electron chi connectivity index (χ0n) is 37.6. The number of unbranched alkanes of at least 4 members (excludes halogenated alkanes) is 28. The molecule has 6 nitrogen and oxygen atoms in total. The summed E-state index contributed by atoms with van der Waals surface area (Å²) in [5.74, 6) is 0.749. The lowest BCUT2D eigenvalue weighted by atomic mass is 10.0. The minimum absolute atomic E-state index is 0.104. The highest BCUT2D eigenvalue weighted by molar-refractivity contribution is 5.85. The number of amides is 1. The Balaban J connectivity index is 4.33. The standard InChI is InChI=1S/C49H95NO5/c1-6-7-8-9-10-11-12-13-14-15-16-17-24-29-34-39-47(51)50-46(49(53)55-43-36-31-26-21-19-23-28-33-38-45(4)5)40-41-48(52)54-42-35-30-25-20-18-22-27-32-37-44(2)3/h44-46H,6-43H2,1-5H3,(H,50,51)/t46-/m0/s1. The molecule has 0 aromatic rings. The molecule has 0 radical (unpaired) electrons. The average molecular weight is 778 g/mol. The predicted octanol–water partition coefficient (Wildman–Crippen LogP) is 14.9. The van der Waals surface area contributed by atoms with Gasteiger partial charge in [-0.1, -0.05) is 227 Å². The van der Waals surface area contributed by atoms with Gasteiger partial charge in [0.2, 0.25) is 5.91 Å². The summed E-state index contributed by atoms with van der Waals surface area (Å²) in [5, 5.41) is 2.91. The van der Waals surface area contributed by atoms with Crippen molar-refractivity contribution in [2.75, 3.05) is 13.2 Å². The summed E-state index contributed by atoms with van der Waals surface area (Å²) in [4.78, 5) is 38.5. The van der Waals surface area contributed by atoms with Crippen LogP contribution in [0.15, 0.2) is 0 Å². The topological polar surface area (TPSA) is 81.7 Å². The molecular formula is C49H95NO5. The number of ether oxygens (including phenoxy) is 2. The van der Waals surface area contributed by atoms with Gasteiger partial charge < -0.3 is 14.8 Å². The number of esters is 2. The summed E-state index contributed by atoms with van der Waals surface area (Å²) in [6, 6.07) is -0.803. The molecule has 0 aliphatic carbocycles. The van der Waals surface area contributed by atoms with Gasteiger partial charge in [-0.3, -0.25) is 9.59 Å². The van der Waals surface area contributed by atoms with E-state index in [2.05, 4.69) is 39.9 Å². The van der Waals surface area contributed by atoms with Crippen LogP contribution in [0.2, 0.25) is 0 Å². The Labute approximate surface area is 343 Å². The third kappa shape index (κ3) is 41.9. The SMILES string of the molecule is CCCCCCCCCCCCCCCCCC(=O)N[C@@H](CCC(=O)OCCCCCCCCCCC(C)C)C(=O)OCCCCCCCCCCC(C)C. The van der Waals surface area contributed by atoms with Crippen LogP contribution in [0, 0.1) is 11.8 Å². The summed E-state index contributed by atoms with van der Waals surface area (Å²) >= 11 is 0. The van der Waals surface area contributed by atoms with Crippen LogP contribution in [0.3, 0.4) is 0 Å². The van der Waals surface area contributed by atoms with Crippen molar-refractivity contribution in [3.05, 3.63) is 0 Å². The van der Waals surface area contributed by atoms with E-state index in [9.17, 15) is 14.4 Å². The molecule has 0 rings (SSSR count). The second-order valence-electron chi connectivity index (χ2n) is 17.8. The van der Waals surface area contributed by atoms with Crippen molar-refractivity contribution in [3.8, 4) is 0 Å². The van der Waals surface area contributed by atoms with Crippen LogP contribution < -0.4 is 5.32 Å². The second kappa shape index (κ2) is 42.0. The summed E-state index contributed by atoms with van der Waals surface area (Å²) in [5.41, 5.74) is 0. The molecule has 1 amide bonds. The van der Waals surface area contributed by atoms with Crippen molar-refractivity contribution in [2.45, 2.75) is 272 Å². The molecule has 0 fully saturated rings. The molecular weight excluding hydrogens is 683 g/mol. The van der Waals surface area contributed by atoms with E-state index in [0.29, 0.717) is 19.6 Å². The minimum atomic E-state index is -0.803. The number of rotatable bonds is 43. The predicted molar refractivity (Wildman–Crippen MR) is 235 cm³/mol. The van der Waals surface area contributed by atoms with E-state index in [0.717, 1.165) is 63.2 Å². The molecule has 0 aliphatic heterocycles. The Morgan fingerprint density at radius 2 is 0.745 bits per heavy atom. The lowest BCUT2D eigenvalue weighted by Crippen LogP contribution is -2.42. The highest BCUT2D eigenvalue weighted by Crippen LogP contribution is 2.16. The molecule has 0 saturated heterocycles. The molecule has 1 atom stereocenters. The van der Waals surface area contributed by atoms with Crippen LogP contribution in [0.1, 0.15) is 266 Å². The highest BCUT2D eigenvalue weighted by Gasteiger charge is 2.23. The Morgan fingerprint density at radius 1 is 0.400 bits per heavy atom. The van der Waals surface area contributed by atoms with Crippen LogP contribution >= 0.6 is 0 Å². The summed E-state index contributed by atoms with van der Waals surface area (Å²) in [6.45, 7) is 12.2. The Kier molecular flexibility index (Phi) is 40.8. The lowest BCUT2D eigenvalue weighted by molar-refractivity contribution is -0.149. The van der Waals surface area contributed by atoms with Gasteiger partial charge in [0.05, 0.1) is 13.2 Å². The maximum absolute atomic E-state index is 13.1. The zero-order valence-corrected chi connectivity index (χ0v) is 37.6. The van der Waals surface area contributed by atoms with E-state index >= 15 is 0 Å². The van der Waals surface area contributed by atoms with Crippen LogP contribution in [0.5, 0.6) is 0 Å². The first-order chi connectivity index (χ1) is 26.8. The molecule has 6 heteroatoms.